The van der Waals surface area contributed by atoms with E-state index in [0.29, 0.717) is 33.9 Å². The van der Waals surface area contributed by atoms with Crippen molar-refractivity contribution < 1.29 is 19.2 Å². The predicted octanol–water partition coefficient (Wildman–Crippen LogP) is 7.17. The maximum Gasteiger partial charge on any atom is 0.257 e. The lowest BCUT2D eigenvalue weighted by molar-refractivity contribution is -0.117. The minimum Gasteiger partial charge on any atom is -0.325 e. The van der Waals surface area contributed by atoms with E-state index in [1.54, 1.807) is 48.5 Å². The zero-order valence-corrected chi connectivity index (χ0v) is 24.8. The molecular weight excluding hydrogens is 540 g/mol. The molecule has 4 aromatic carbocycles. The topological polar surface area (TPSA) is 116 Å². The van der Waals surface area contributed by atoms with Gasteiger partial charge in [-0.2, -0.15) is 0 Å². The minimum atomic E-state index is -0.334. The van der Waals surface area contributed by atoms with Crippen LogP contribution in [0.4, 0.5) is 22.7 Å². The van der Waals surface area contributed by atoms with Crippen molar-refractivity contribution in [2.45, 2.75) is 47.0 Å². The van der Waals surface area contributed by atoms with E-state index in [1.807, 2.05) is 64.1 Å². The fourth-order valence-corrected chi connectivity index (χ4v) is 4.45. The molecule has 0 aromatic heterocycles. The standard InChI is InChI=1S/C35H36N4O4/c1-22-16-18-26(20-24(22)3)36-34(42)28-10-5-7-12-30(28)38-32(40)14-9-15-33(41)39-31-13-8-6-11-29(31)35(43)37-27-19-17-23(2)25(4)21-27/h5-8,10-13,16-21H,9,14-15H2,1-4H3,(H,36,42)(H,37,43)(H,38,40)(H,39,41). The molecule has 8 nitrogen and oxygen atoms in total. The lowest BCUT2D eigenvalue weighted by atomic mass is 10.1. The molecule has 0 unspecified atom stereocenters. The quantitative estimate of drug-likeness (QED) is 0.160. The van der Waals surface area contributed by atoms with Crippen molar-refractivity contribution in [3.05, 3.63) is 118 Å². The number of amides is 4. The summed E-state index contributed by atoms with van der Waals surface area (Å²) in [5.74, 6) is -1.29. The van der Waals surface area contributed by atoms with Crippen LogP contribution in [0.5, 0.6) is 0 Å². The molecule has 0 atom stereocenters. The Morgan fingerprint density at radius 2 is 0.884 bits per heavy atom. The van der Waals surface area contributed by atoms with Gasteiger partial charge in [0.05, 0.1) is 22.5 Å². The molecule has 0 bridgehead atoms. The molecule has 0 saturated heterocycles. The molecule has 220 valence electrons. The monoisotopic (exact) mass is 576 g/mol. The average Bonchev–Trinajstić information content (AvgIpc) is 2.97. The van der Waals surface area contributed by atoms with Crippen molar-refractivity contribution in [3.63, 3.8) is 0 Å². The van der Waals surface area contributed by atoms with Crippen molar-refractivity contribution >= 4 is 46.4 Å². The van der Waals surface area contributed by atoms with Crippen molar-refractivity contribution in [1.82, 2.24) is 0 Å². The van der Waals surface area contributed by atoms with Crippen LogP contribution in [0.3, 0.4) is 0 Å². The molecule has 4 N–H and O–H groups in total. The number of rotatable bonds is 10. The van der Waals surface area contributed by atoms with Gasteiger partial charge in [-0.3, -0.25) is 19.2 Å². The molecule has 43 heavy (non-hydrogen) atoms. The largest absolute Gasteiger partial charge is 0.325 e. The molecule has 0 fully saturated rings. The van der Waals surface area contributed by atoms with Gasteiger partial charge < -0.3 is 21.3 Å². The highest BCUT2D eigenvalue weighted by atomic mass is 16.2. The summed E-state index contributed by atoms with van der Waals surface area (Å²) in [5.41, 5.74) is 7.17. The number of anilines is 4. The Morgan fingerprint density at radius 1 is 0.488 bits per heavy atom. The molecular formula is C35H36N4O4. The molecule has 0 radical (unpaired) electrons. The van der Waals surface area contributed by atoms with Crippen molar-refractivity contribution in [1.29, 1.82) is 0 Å². The minimum absolute atomic E-state index is 0.0788. The number of para-hydroxylation sites is 2. The average molecular weight is 577 g/mol. The van der Waals surface area contributed by atoms with Crippen LogP contribution in [0.15, 0.2) is 84.9 Å². The molecule has 0 spiro atoms. The first kappa shape index (κ1) is 30.7. The number of carbonyl (C=O) groups excluding carboxylic acids is 4. The normalized spacial score (nSPS) is 10.5. The van der Waals surface area contributed by atoms with Gasteiger partial charge in [-0.1, -0.05) is 36.4 Å². The van der Waals surface area contributed by atoms with E-state index in [9.17, 15) is 19.2 Å². The number of aryl methyl sites for hydroxylation is 4. The highest BCUT2D eigenvalue weighted by Gasteiger charge is 2.16. The van der Waals surface area contributed by atoms with Gasteiger partial charge in [0.15, 0.2) is 0 Å². The second-order valence-electron chi connectivity index (χ2n) is 10.5. The van der Waals surface area contributed by atoms with Crippen LogP contribution >= 0.6 is 0 Å². The second-order valence-corrected chi connectivity index (χ2v) is 10.5. The fraction of sp³-hybridized carbons (Fsp3) is 0.200. The van der Waals surface area contributed by atoms with E-state index in [2.05, 4.69) is 21.3 Å². The van der Waals surface area contributed by atoms with Crippen molar-refractivity contribution in [3.8, 4) is 0 Å². The highest BCUT2D eigenvalue weighted by molar-refractivity contribution is 6.11. The smallest absolute Gasteiger partial charge is 0.257 e. The lowest BCUT2D eigenvalue weighted by Gasteiger charge is -2.13. The fourth-order valence-electron chi connectivity index (χ4n) is 4.45. The van der Waals surface area contributed by atoms with Gasteiger partial charge in [-0.25, -0.2) is 0 Å². The van der Waals surface area contributed by atoms with E-state index < -0.39 is 0 Å². The van der Waals surface area contributed by atoms with Gasteiger partial charge in [0, 0.05) is 24.2 Å². The van der Waals surface area contributed by atoms with Gasteiger partial charge in [-0.05, 0) is 105 Å². The molecule has 0 heterocycles. The zero-order valence-electron chi connectivity index (χ0n) is 24.8. The maximum atomic E-state index is 13.0. The molecule has 0 aliphatic heterocycles. The summed E-state index contributed by atoms with van der Waals surface area (Å²) in [6, 6.07) is 24.9. The van der Waals surface area contributed by atoms with E-state index >= 15 is 0 Å². The Morgan fingerprint density at radius 3 is 1.28 bits per heavy atom. The first-order valence-electron chi connectivity index (χ1n) is 14.2. The summed E-state index contributed by atoms with van der Waals surface area (Å²) in [6.07, 6.45) is 0.441. The van der Waals surface area contributed by atoms with Crippen LogP contribution in [0.1, 0.15) is 62.2 Å². The first-order valence-corrected chi connectivity index (χ1v) is 14.2. The number of nitrogens with one attached hydrogen (secondary N) is 4. The van der Waals surface area contributed by atoms with Gasteiger partial charge in [0.1, 0.15) is 0 Å². The third kappa shape index (κ3) is 8.39. The van der Waals surface area contributed by atoms with Gasteiger partial charge in [0.2, 0.25) is 11.8 Å². The second kappa shape index (κ2) is 14.1. The summed E-state index contributed by atoms with van der Waals surface area (Å²) in [6.45, 7) is 7.95. The Bertz CT molecular complexity index is 1560. The summed E-state index contributed by atoms with van der Waals surface area (Å²) in [7, 11) is 0. The number of hydrogen-bond acceptors (Lipinski definition) is 4. The van der Waals surface area contributed by atoms with Gasteiger partial charge in [0.25, 0.3) is 11.8 Å². The van der Waals surface area contributed by atoms with Crippen molar-refractivity contribution in [2.24, 2.45) is 0 Å². The van der Waals surface area contributed by atoms with Gasteiger partial charge in [-0.15, -0.1) is 0 Å². The molecule has 0 aliphatic carbocycles. The third-order valence-electron chi connectivity index (χ3n) is 7.23. The van der Waals surface area contributed by atoms with Crippen LogP contribution in [0, 0.1) is 27.7 Å². The van der Waals surface area contributed by atoms with E-state index in [4.69, 9.17) is 0 Å². The molecule has 8 heteroatoms. The highest BCUT2D eigenvalue weighted by Crippen LogP contribution is 2.22. The van der Waals surface area contributed by atoms with Crippen LogP contribution in [-0.2, 0) is 9.59 Å². The van der Waals surface area contributed by atoms with Crippen LogP contribution < -0.4 is 21.3 Å². The lowest BCUT2D eigenvalue weighted by Crippen LogP contribution is -2.19. The van der Waals surface area contributed by atoms with E-state index in [-0.39, 0.29) is 42.9 Å². The third-order valence-corrected chi connectivity index (χ3v) is 7.23. The summed E-state index contributed by atoms with van der Waals surface area (Å²) < 4.78 is 0. The zero-order chi connectivity index (χ0) is 30.9. The molecule has 4 aromatic rings. The maximum absolute atomic E-state index is 13.0. The van der Waals surface area contributed by atoms with E-state index in [1.165, 1.54) is 0 Å². The number of carbonyl (C=O) groups is 4. The molecule has 4 rings (SSSR count). The summed E-state index contributed by atoms with van der Waals surface area (Å²) in [5, 5.41) is 11.3. The predicted molar refractivity (Wildman–Crippen MR) is 172 cm³/mol. The number of benzene rings is 4. The van der Waals surface area contributed by atoms with Crippen LogP contribution in [-0.4, -0.2) is 23.6 Å². The Kier molecular flexibility index (Phi) is 10.1. The summed E-state index contributed by atoms with van der Waals surface area (Å²) in [4.78, 5) is 51.3. The number of hydrogen-bond donors (Lipinski definition) is 4. The Labute approximate surface area is 251 Å². The molecule has 4 amide bonds. The van der Waals surface area contributed by atoms with Crippen LogP contribution in [0.25, 0.3) is 0 Å². The SMILES string of the molecule is Cc1ccc(NC(=O)c2ccccc2NC(=O)CCCC(=O)Nc2ccccc2C(=O)Nc2ccc(C)c(C)c2)cc1C. The molecule has 0 saturated carbocycles. The van der Waals surface area contributed by atoms with Gasteiger partial charge >= 0.3 is 0 Å². The Hall–Kier alpha value is -5.24. The first-order chi connectivity index (χ1) is 20.6. The molecule has 0 aliphatic rings. The Balaban J connectivity index is 1.30. The summed E-state index contributed by atoms with van der Waals surface area (Å²) >= 11 is 0. The van der Waals surface area contributed by atoms with Crippen molar-refractivity contribution in [2.75, 3.05) is 21.3 Å². The van der Waals surface area contributed by atoms with Crippen LogP contribution in [0.2, 0.25) is 0 Å². The van der Waals surface area contributed by atoms with E-state index in [0.717, 1.165) is 22.3 Å².